The van der Waals surface area contributed by atoms with Crippen molar-refractivity contribution in [3.8, 4) is 0 Å². The van der Waals surface area contributed by atoms with E-state index in [1.807, 2.05) is 6.92 Å². The lowest BCUT2D eigenvalue weighted by molar-refractivity contribution is 1.21. The zero-order valence-corrected chi connectivity index (χ0v) is 5.54. The molecule has 0 aromatic heterocycles. The van der Waals surface area contributed by atoms with Crippen molar-refractivity contribution in [2.24, 2.45) is 10.2 Å². The maximum Gasteiger partial charge on any atom is 0.0524 e. The van der Waals surface area contributed by atoms with E-state index in [4.69, 9.17) is 0 Å². The molecule has 0 bridgehead atoms. The quantitative estimate of drug-likeness (QED) is 0.406. The van der Waals surface area contributed by atoms with Crippen LogP contribution in [-0.2, 0) is 0 Å². The molecule has 0 saturated heterocycles. The number of allylic oxidation sites excluding steroid dienone is 2. The van der Waals surface area contributed by atoms with Gasteiger partial charge in [-0.3, -0.25) is 0 Å². The van der Waals surface area contributed by atoms with Gasteiger partial charge in [-0.2, -0.15) is 10.2 Å². The average molecular weight is 122 g/mol. The molecule has 0 fully saturated rings. The lowest BCUT2D eigenvalue weighted by atomic mass is 10.3. The molecule has 0 aromatic carbocycles. The van der Waals surface area contributed by atoms with Gasteiger partial charge in [0, 0.05) is 6.20 Å². The van der Waals surface area contributed by atoms with Crippen LogP contribution in [0, 0.1) is 0 Å². The van der Waals surface area contributed by atoms with Crippen molar-refractivity contribution in [1.29, 1.82) is 0 Å². The summed E-state index contributed by atoms with van der Waals surface area (Å²) in [6, 6.07) is 0. The zero-order chi connectivity index (χ0) is 7.11. The molecule has 2 nitrogen and oxygen atoms in total. The molecule has 0 amide bonds. The van der Waals surface area contributed by atoms with E-state index in [9.17, 15) is 0 Å². The van der Waals surface area contributed by atoms with Crippen LogP contribution < -0.4 is 0 Å². The Morgan fingerprint density at radius 1 is 1.33 bits per heavy atom. The molecular weight excluding hydrogens is 112 g/mol. The van der Waals surface area contributed by atoms with Crippen molar-refractivity contribution in [3.05, 3.63) is 37.2 Å². The Kier molecular flexibility index (Phi) is 4.32. The number of rotatable bonds is 3. The third kappa shape index (κ3) is 4.68. The Hall–Kier alpha value is -1.18. The minimum Gasteiger partial charge on any atom is -0.160 e. The summed E-state index contributed by atoms with van der Waals surface area (Å²) in [5.74, 6) is 0. The SMILES string of the molecule is C=CN=N/C=C(/C)C=C. The predicted molar refractivity (Wildman–Crippen MR) is 39.0 cm³/mol. The molecule has 0 rings (SSSR count). The molecule has 0 aliphatic carbocycles. The molecule has 0 aliphatic rings. The van der Waals surface area contributed by atoms with E-state index in [1.165, 1.54) is 6.20 Å². The lowest BCUT2D eigenvalue weighted by Gasteiger charge is -1.80. The molecule has 0 radical (unpaired) electrons. The Morgan fingerprint density at radius 2 is 2.00 bits per heavy atom. The van der Waals surface area contributed by atoms with Gasteiger partial charge in [0.1, 0.15) is 0 Å². The molecule has 0 atom stereocenters. The summed E-state index contributed by atoms with van der Waals surface area (Å²) < 4.78 is 0. The van der Waals surface area contributed by atoms with Crippen LogP contribution in [0.3, 0.4) is 0 Å². The van der Waals surface area contributed by atoms with E-state index >= 15 is 0 Å². The summed E-state index contributed by atoms with van der Waals surface area (Å²) in [6.07, 6.45) is 4.71. The smallest absolute Gasteiger partial charge is 0.0524 e. The van der Waals surface area contributed by atoms with Crippen molar-refractivity contribution in [3.63, 3.8) is 0 Å². The van der Waals surface area contributed by atoms with E-state index in [2.05, 4.69) is 23.4 Å². The van der Waals surface area contributed by atoms with E-state index in [-0.39, 0.29) is 0 Å². The highest BCUT2D eigenvalue weighted by atomic mass is 15.1. The van der Waals surface area contributed by atoms with Crippen LogP contribution in [0.4, 0.5) is 0 Å². The molecule has 0 unspecified atom stereocenters. The van der Waals surface area contributed by atoms with Crippen LogP contribution in [0.15, 0.2) is 47.4 Å². The van der Waals surface area contributed by atoms with Gasteiger partial charge in [0.15, 0.2) is 0 Å². The first-order valence-electron chi connectivity index (χ1n) is 2.61. The highest BCUT2D eigenvalue weighted by Gasteiger charge is 1.72. The van der Waals surface area contributed by atoms with Gasteiger partial charge in [-0.25, -0.2) is 0 Å². The topological polar surface area (TPSA) is 24.7 Å². The minimum absolute atomic E-state index is 0.987. The second kappa shape index (κ2) is 4.97. The van der Waals surface area contributed by atoms with Crippen molar-refractivity contribution >= 4 is 0 Å². The van der Waals surface area contributed by atoms with E-state index in [1.54, 1.807) is 12.3 Å². The van der Waals surface area contributed by atoms with Gasteiger partial charge in [-0.05, 0) is 12.5 Å². The van der Waals surface area contributed by atoms with Crippen LogP contribution in [0.1, 0.15) is 6.92 Å². The third-order valence-electron chi connectivity index (χ3n) is 0.732. The van der Waals surface area contributed by atoms with E-state index in [0.717, 1.165) is 5.57 Å². The van der Waals surface area contributed by atoms with Gasteiger partial charge in [-0.15, -0.1) is 0 Å². The van der Waals surface area contributed by atoms with Crippen LogP contribution in [0.5, 0.6) is 0 Å². The number of hydrogen-bond acceptors (Lipinski definition) is 2. The standard InChI is InChI=1S/C7H10N2/c1-4-7(3)6-9-8-5-2/h4-6H,1-2H2,3H3/b7-6-,9-8?. The Morgan fingerprint density at radius 3 is 2.44 bits per heavy atom. The summed E-state index contributed by atoms with van der Waals surface area (Å²) in [6.45, 7) is 8.81. The highest BCUT2D eigenvalue weighted by Crippen LogP contribution is 1.92. The number of nitrogens with zero attached hydrogens (tertiary/aromatic N) is 2. The Bertz CT molecular complexity index is 154. The number of azo groups is 1. The van der Waals surface area contributed by atoms with Gasteiger partial charge in [0.25, 0.3) is 0 Å². The minimum atomic E-state index is 0.987. The second-order valence-electron chi connectivity index (χ2n) is 1.49. The van der Waals surface area contributed by atoms with Gasteiger partial charge in [0.2, 0.25) is 0 Å². The molecule has 48 valence electrons. The van der Waals surface area contributed by atoms with Gasteiger partial charge in [-0.1, -0.05) is 19.2 Å². The summed E-state index contributed by atoms with van der Waals surface area (Å²) in [5.41, 5.74) is 0.987. The fourth-order valence-corrected chi connectivity index (χ4v) is 0.224. The molecule has 0 heterocycles. The number of hydrogen-bond donors (Lipinski definition) is 0. The largest absolute Gasteiger partial charge is 0.160 e. The van der Waals surface area contributed by atoms with Crippen molar-refractivity contribution in [2.75, 3.05) is 0 Å². The van der Waals surface area contributed by atoms with Gasteiger partial charge >= 0.3 is 0 Å². The maximum atomic E-state index is 3.63. The molecule has 0 aliphatic heterocycles. The molecule has 2 heteroatoms. The van der Waals surface area contributed by atoms with Gasteiger partial charge in [0.05, 0.1) is 6.20 Å². The van der Waals surface area contributed by atoms with Crippen LogP contribution in [0.2, 0.25) is 0 Å². The zero-order valence-electron chi connectivity index (χ0n) is 5.54. The molecule has 0 saturated carbocycles. The first kappa shape index (κ1) is 7.82. The summed E-state index contributed by atoms with van der Waals surface area (Å²) in [5, 5.41) is 7.16. The summed E-state index contributed by atoms with van der Waals surface area (Å²) in [7, 11) is 0. The fraction of sp³-hybridized carbons (Fsp3) is 0.143. The van der Waals surface area contributed by atoms with Crippen molar-refractivity contribution < 1.29 is 0 Å². The summed E-state index contributed by atoms with van der Waals surface area (Å²) in [4.78, 5) is 0. The van der Waals surface area contributed by atoms with Crippen LogP contribution in [0.25, 0.3) is 0 Å². The molecule has 0 aromatic rings. The first-order chi connectivity index (χ1) is 4.31. The molecule has 0 spiro atoms. The monoisotopic (exact) mass is 122 g/mol. The van der Waals surface area contributed by atoms with Crippen molar-refractivity contribution in [2.45, 2.75) is 6.92 Å². The second-order valence-corrected chi connectivity index (χ2v) is 1.49. The van der Waals surface area contributed by atoms with Crippen LogP contribution in [-0.4, -0.2) is 0 Å². The molecule has 0 N–H and O–H groups in total. The first-order valence-corrected chi connectivity index (χ1v) is 2.61. The summed E-state index contributed by atoms with van der Waals surface area (Å²) >= 11 is 0. The molecule has 9 heavy (non-hydrogen) atoms. The third-order valence-corrected chi connectivity index (χ3v) is 0.732. The lowest BCUT2D eigenvalue weighted by Crippen LogP contribution is -1.60. The average Bonchev–Trinajstić information content (AvgIpc) is 1.89. The highest BCUT2D eigenvalue weighted by molar-refractivity contribution is 5.11. The fourth-order valence-electron chi connectivity index (χ4n) is 0.224. The normalized spacial score (nSPS) is 11.9. The predicted octanol–water partition coefficient (Wildman–Crippen LogP) is 2.67. The van der Waals surface area contributed by atoms with E-state index < -0.39 is 0 Å². The van der Waals surface area contributed by atoms with E-state index in [0.29, 0.717) is 0 Å². The van der Waals surface area contributed by atoms with Gasteiger partial charge < -0.3 is 0 Å². The van der Waals surface area contributed by atoms with Crippen LogP contribution >= 0.6 is 0 Å². The Labute approximate surface area is 55.3 Å². The molecular formula is C7H10N2. The van der Waals surface area contributed by atoms with Crippen molar-refractivity contribution in [1.82, 2.24) is 0 Å². The maximum absolute atomic E-state index is 3.63. The Balaban J connectivity index is 3.81.